The number of thioether (sulfide) groups is 1. The van der Waals surface area contributed by atoms with Crippen molar-refractivity contribution < 1.29 is 19.1 Å². The van der Waals surface area contributed by atoms with E-state index in [0.29, 0.717) is 5.75 Å². The zero-order chi connectivity index (χ0) is 30.4. The van der Waals surface area contributed by atoms with Gasteiger partial charge in [-0.05, 0) is 38.9 Å². The lowest BCUT2D eigenvalue weighted by atomic mass is 9.84. The largest absolute Gasteiger partial charge is 0.469 e. The van der Waals surface area contributed by atoms with Gasteiger partial charge in [0.15, 0.2) is 0 Å². The molecule has 0 saturated heterocycles. The fraction of sp³-hybridized carbons (Fsp3) is 0.179. The molecular weight excluding hydrogens is 564 g/mol. The van der Waals surface area contributed by atoms with Crippen molar-refractivity contribution in [1.29, 1.82) is 0 Å². The summed E-state index contributed by atoms with van der Waals surface area (Å²) >= 11 is 1.64. The first kappa shape index (κ1) is 29.5. The molecule has 0 saturated carbocycles. The van der Waals surface area contributed by atoms with Crippen molar-refractivity contribution in [3.8, 4) is 11.1 Å². The van der Waals surface area contributed by atoms with Crippen LogP contribution in [0.5, 0.6) is 0 Å². The summed E-state index contributed by atoms with van der Waals surface area (Å²) in [5, 5.41) is 0. The average molecular weight is 599 g/mol. The highest BCUT2D eigenvalue weighted by molar-refractivity contribution is 8.00. The van der Waals surface area contributed by atoms with E-state index < -0.39 is 22.6 Å². The minimum Gasteiger partial charge on any atom is -0.469 e. The lowest BCUT2D eigenvalue weighted by Gasteiger charge is -2.36. The number of fused-ring (bicyclic) bond motifs is 3. The summed E-state index contributed by atoms with van der Waals surface area (Å²) in [5.74, 6) is -1.20. The third kappa shape index (κ3) is 5.80. The molecule has 1 aliphatic rings. The van der Waals surface area contributed by atoms with E-state index in [0.717, 1.165) is 27.8 Å². The summed E-state index contributed by atoms with van der Waals surface area (Å²) in [5.41, 5.74) is 7.92. The molecule has 44 heavy (non-hydrogen) atoms. The SMILES string of the molecule is COC(=O)C(CSC(c1ccccc1)(c1ccccc1)c1ccccc1)CC(=O)OCC1c2ccccc2-c2ccccc21. The van der Waals surface area contributed by atoms with Crippen LogP contribution in [0, 0.1) is 5.92 Å². The number of carbonyl (C=O) groups excluding carboxylic acids is 2. The van der Waals surface area contributed by atoms with Crippen molar-refractivity contribution in [2.75, 3.05) is 19.5 Å². The first-order chi connectivity index (χ1) is 21.6. The van der Waals surface area contributed by atoms with Gasteiger partial charge in [-0.25, -0.2) is 0 Å². The summed E-state index contributed by atoms with van der Waals surface area (Å²) in [7, 11) is 1.37. The van der Waals surface area contributed by atoms with Crippen molar-refractivity contribution in [3.05, 3.63) is 167 Å². The van der Waals surface area contributed by atoms with Crippen LogP contribution in [0.25, 0.3) is 11.1 Å². The highest BCUT2D eigenvalue weighted by Gasteiger charge is 2.39. The summed E-state index contributed by atoms with van der Waals surface area (Å²) in [6, 6.07) is 47.4. The summed E-state index contributed by atoms with van der Waals surface area (Å²) in [6.45, 7) is 0.218. The molecule has 5 aromatic rings. The predicted octanol–water partition coefficient (Wildman–Crippen LogP) is 8.25. The van der Waals surface area contributed by atoms with E-state index in [1.54, 1.807) is 11.8 Å². The second kappa shape index (κ2) is 13.4. The van der Waals surface area contributed by atoms with Gasteiger partial charge in [0.25, 0.3) is 0 Å². The van der Waals surface area contributed by atoms with Crippen molar-refractivity contribution in [2.45, 2.75) is 17.1 Å². The van der Waals surface area contributed by atoms with Crippen LogP contribution in [0.4, 0.5) is 0 Å². The highest BCUT2D eigenvalue weighted by Crippen LogP contribution is 2.49. The zero-order valence-electron chi connectivity index (χ0n) is 24.6. The van der Waals surface area contributed by atoms with Crippen LogP contribution in [0.2, 0.25) is 0 Å². The molecule has 0 bridgehead atoms. The van der Waals surface area contributed by atoms with Gasteiger partial charge in [-0.2, -0.15) is 0 Å². The van der Waals surface area contributed by atoms with Crippen LogP contribution in [0.15, 0.2) is 140 Å². The number of ether oxygens (including phenoxy) is 2. The molecule has 0 fully saturated rings. The fourth-order valence-electron chi connectivity index (χ4n) is 6.25. The molecule has 4 nitrogen and oxygen atoms in total. The predicted molar refractivity (Wildman–Crippen MR) is 176 cm³/mol. The molecule has 0 aromatic heterocycles. The number of rotatable bonds is 11. The smallest absolute Gasteiger partial charge is 0.310 e. The molecule has 5 heteroatoms. The third-order valence-electron chi connectivity index (χ3n) is 8.36. The van der Waals surface area contributed by atoms with Crippen LogP contribution in [0.1, 0.15) is 40.2 Å². The number of benzene rings is 5. The van der Waals surface area contributed by atoms with E-state index in [1.807, 2.05) is 78.9 Å². The van der Waals surface area contributed by atoms with Gasteiger partial charge in [-0.1, -0.05) is 140 Å². The van der Waals surface area contributed by atoms with Gasteiger partial charge in [0.2, 0.25) is 0 Å². The average Bonchev–Trinajstić information content (AvgIpc) is 3.41. The molecule has 0 heterocycles. The van der Waals surface area contributed by atoms with Gasteiger partial charge in [0.1, 0.15) is 6.61 Å². The van der Waals surface area contributed by atoms with Crippen LogP contribution >= 0.6 is 11.8 Å². The Labute approximate surface area is 263 Å². The minimum absolute atomic E-state index is 0.0424. The van der Waals surface area contributed by atoms with Crippen molar-refractivity contribution in [2.24, 2.45) is 5.92 Å². The Bertz CT molecular complexity index is 1580. The van der Waals surface area contributed by atoms with Gasteiger partial charge >= 0.3 is 11.9 Å². The van der Waals surface area contributed by atoms with Gasteiger partial charge in [0.05, 0.1) is 24.2 Å². The standard InChI is InChI=1S/C39H34O4S/c1-42-38(41)28(25-37(40)43-26-36-34-23-13-11-21-32(34)33-22-12-14-24-35(33)36)27-44-39(29-15-5-2-6-16-29,30-17-7-3-8-18-30)31-19-9-4-10-20-31/h2-24,28,36H,25-27H2,1H3. The number of hydrogen-bond donors (Lipinski definition) is 0. The van der Waals surface area contributed by atoms with Crippen LogP contribution in [-0.4, -0.2) is 31.4 Å². The quantitative estimate of drug-likeness (QED) is 0.113. The maximum atomic E-state index is 13.3. The van der Waals surface area contributed by atoms with E-state index in [1.165, 1.54) is 18.2 Å². The van der Waals surface area contributed by atoms with E-state index in [2.05, 4.69) is 60.7 Å². The van der Waals surface area contributed by atoms with Crippen LogP contribution in [-0.2, 0) is 23.8 Å². The zero-order valence-corrected chi connectivity index (χ0v) is 25.4. The number of esters is 2. The van der Waals surface area contributed by atoms with Crippen LogP contribution < -0.4 is 0 Å². The Morgan fingerprint density at radius 3 is 1.55 bits per heavy atom. The normalized spacial score (nSPS) is 13.0. The van der Waals surface area contributed by atoms with Gasteiger partial charge in [-0.3, -0.25) is 9.59 Å². The van der Waals surface area contributed by atoms with E-state index >= 15 is 0 Å². The summed E-state index contributed by atoms with van der Waals surface area (Å²) in [4.78, 5) is 26.5. The Morgan fingerprint density at radius 2 is 1.09 bits per heavy atom. The molecule has 0 amide bonds. The first-order valence-electron chi connectivity index (χ1n) is 14.8. The molecule has 5 aromatic carbocycles. The molecule has 1 unspecified atom stereocenters. The number of methoxy groups -OCH3 is 1. The second-order valence-corrected chi connectivity index (χ2v) is 12.2. The molecular formula is C39H34O4S. The first-order valence-corrected chi connectivity index (χ1v) is 15.8. The third-order valence-corrected chi connectivity index (χ3v) is 10.1. The Balaban J connectivity index is 1.25. The highest BCUT2D eigenvalue weighted by atomic mass is 32.2. The van der Waals surface area contributed by atoms with Crippen LogP contribution in [0.3, 0.4) is 0 Å². The maximum absolute atomic E-state index is 13.3. The number of hydrogen-bond acceptors (Lipinski definition) is 5. The Kier molecular flexibility index (Phi) is 8.94. The topological polar surface area (TPSA) is 52.6 Å². The fourth-order valence-corrected chi connectivity index (χ4v) is 7.86. The lowest BCUT2D eigenvalue weighted by Crippen LogP contribution is -2.30. The lowest BCUT2D eigenvalue weighted by molar-refractivity contribution is -0.152. The molecule has 1 aliphatic carbocycles. The molecule has 0 spiro atoms. The second-order valence-electron chi connectivity index (χ2n) is 10.9. The molecule has 1 atom stereocenters. The minimum atomic E-state index is -0.684. The molecule has 6 rings (SSSR count). The number of carbonyl (C=O) groups is 2. The monoisotopic (exact) mass is 598 g/mol. The van der Waals surface area contributed by atoms with E-state index in [4.69, 9.17) is 9.47 Å². The van der Waals surface area contributed by atoms with Gasteiger partial charge < -0.3 is 9.47 Å². The Morgan fingerprint density at radius 1 is 0.659 bits per heavy atom. The summed E-state index contributed by atoms with van der Waals surface area (Å²) < 4.78 is 10.5. The van der Waals surface area contributed by atoms with E-state index in [-0.39, 0.29) is 18.9 Å². The molecule has 0 aliphatic heterocycles. The van der Waals surface area contributed by atoms with Crippen molar-refractivity contribution in [1.82, 2.24) is 0 Å². The van der Waals surface area contributed by atoms with E-state index in [9.17, 15) is 9.59 Å². The maximum Gasteiger partial charge on any atom is 0.310 e. The van der Waals surface area contributed by atoms with Gasteiger partial charge in [0, 0.05) is 11.7 Å². The van der Waals surface area contributed by atoms with Crippen molar-refractivity contribution in [3.63, 3.8) is 0 Å². The molecule has 0 radical (unpaired) electrons. The van der Waals surface area contributed by atoms with Gasteiger partial charge in [-0.15, -0.1) is 11.8 Å². The summed E-state index contributed by atoms with van der Waals surface area (Å²) in [6.07, 6.45) is -0.0653. The van der Waals surface area contributed by atoms with Crippen molar-refractivity contribution >= 4 is 23.7 Å². The Hall–Kier alpha value is -4.61. The molecule has 0 N–H and O–H groups in total. The molecule has 220 valence electrons.